The summed E-state index contributed by atoms with van der Waals surface area (Å²) in [5.74, 6) is -0.0609. The van der Waals surface area contributed by atoms with Gasteiger partial charge in [-0.05, 0) is 89.9 Å². The van der Waals surface area contributed by atoms with Crippen LogP contribution in [0.5, 0.6) is 0 Å². The highest BCUT2D eigenvalue weighted by Gasteiger charge is 2.18. The first kappa shape index (κ1) is 77.8. The van der Waals surface area contributed by atoms with Crippen LogP contribution in [0.4, 0.5) is 0 Å². The zero-order valence-electron chi connectivity index (χ0n) is 53.8. The van der Waals surface area contributed by atoms with Crippen LogP contribution in [0.25, 0.3) is 0 Å². The van der Waals surface area contributed by atoms with Crippen molar-refractivity contribution >= 4 is 11.9 Å². The number of aliphatic hydroxyl groups excluding tert-OH is 2. The molecule has 0 fully saturated rings. The Labute approximate surface area is 499 Å². The van der Waals surface area contributed by atoms with Gasteiger partial charge in [0.25, 0.3) is 0 Å². The van der Waals surface area contributed by atoms with E-state index in [1.54, 1.807) is 6.08 Å². The zero-order chi connectivity index (χ0) is 57.8. The number of hydrogen-bond acceptors (Lipinski definition) is 5. The van der Waals surface area contributed by atoms with Crippen molar-refractivity contribution in [3.8, 4) is 0 Å². The third kappa shape index (κ3) is 65.0. The lowest BCUT2D eigenvalue weighted by molar-refractivity contribution is -0.143. The van der Waals surface area contributed by atoms with Gasteiger partial charge in [0.2, 0.25) is 5.91 Å². The number of hydrogen-bond donors (Lipinski definition) is 3. The van der Waals surface area contributed by atoms with E-state index < -0.39 is 12.1 Å². The van der Waals surface area contributed by atoms with Crippen molar-refractivity contribution in [3.63, 3.8) is 0 Å². The predicted octanol–water partition coefficient (Wildman–Crippen LogP) is 23.3. The average molecular weight is 1120 g/mol. The van der Waals surface area contributed by atoms with E-state index in [0.29, 0.717) is 19.4 Å². The molecule has 0 bridgehead atoms. The monoisotopic (exact) mass is 1120 g/mol. The second-order valence-corrected chi connectivity index (χ2v) is 24.6. The molecule has 2 atom stereocenters. The summed E-state index contributed by atoms with van der Waals surface area (Å²) in [7, 11) is 0. The minimum atomic E-state index is -0.844. The van der Waals surface area contributed by atoms with Gasteiger partial charge >= 0.3 is 5.97 Å². The summed E-state index contributed by atoms with van der Waals surface area (Å²) in [6.45, 7) is 4.90. The van der Waals surface area contributed by atoms with Crippen molar-refractivity contribution in [2.75, 3.05) is 13.2 Å². The molecule has 6 heteroatoms. The van der Waals surface area contributed by atoms with Gasteiger partial charge in [-0.3, -0.25) is 9.59 Å². The molecule has 3 N–H and O–H groups in total. The minimum absolute atomic E-state index is 0.00288. The van der Waals surface area contributed by atoms with Crippen LogP contribution in [-0.2, 0) is 14.3 Å². The lowest BCUT2D eigenvalue weighted by atomic mass is 10.0. The van der Waals surface area contributed by atoms with Gasteiger partial charge in [0.05, 0.1) is 25.4 Å². The number of aliphatic hydroxyl groups is 2. The first-order valence-corrected chi connectivity index (χ1v) is 35.9. The Morgan fingerprint density at radius 3 is 0.988 bits per heavy atom. The van der Waals surface area contributed by atoms with Gasteiger partial charge in [0, 0.05) is 12.8 Å². The van der Waals surface area contributed by atoms with Gasteiger partial charge in [0.1, 0.15) is 0 Å². The van der Waals surface area contributed by atoms with Gasteiger partial charge < -0.3 is 20.3 Å². The second-order valence-electron chi connectivity index (χ2n) is 24.6. The van der Waals surface area contributed by atoms with E-state index >= 15 is 0 Å². The molecule has 0 rings (SSSR count). The average Bonchev–Trinajstić information content (AvgIpc) is 3.46. The van der Waals surface area contributed by atoms with Gasteiger partial charge in [0.15, 0.2) is 0 Å². The summed E-state index contributed by atoms with van der Waals surface area (Å²) in [5, 5.41) is 23.2. The highest BCUT2D eigenvalue weighted by Crippen LogP contribution is 2.18. The lowest BCUT2D eigenvalue weighted by Crippen LogP contribution is -2.45. The number of amides is 1. The van der Waals surface area contributed by atoms with Gasteiger partial charge in [-0.15, -0.1) is 0 Å². The normalized spacial score (nSPS) is 12.8. The van der Waals surface area contributed by atoms with Crippen LogP contribution >= 0.6 is 0 Å². The van der Waals surface area contributed by atoms with E-state index in [9.17, 15) is 19.8 Å². The molecule has 0 saturated carbocycles. The molecule has 0 aliphatic rings. The summed E-state index contributed by atoms with van der Waals surface area (Å²) >= 11 is 0. The molecule has 0 aliphatic carbocycles. The van der Waals surface area contributed by atoms with Crippen LogP contribution in [0.15, 0.2) is 48.6 Å². The Morgan fingerprint density at radius 2 is 0.625 bits per heavy atom. The fourth-order valence-corrected chi connectivity index (χ4v) is 11.1. The SMILES string of the molecule is CCCCC/C=C\C/C=C\CCCCCCCC(=O)OCCCCCCCCCCCCCC/C=C\CCCCCCCCCCCCCCCCC(=O)NC(CO)C(O)/C=C/CCCCCCCCCCCCCCCCCC. The fourth-order valence-electron chi connectivity index (χ4n) is 11.1. The molecule has 0 aromatic rings. The van der Waals surface area contributed by atoms with Crippen molar-refractivity contribution < 1.29 is 24.5 Å². The summed E-state index contributed by atoms with van der Waals surface area (Å²) in [5.41, 5.74) is 0. The molecule has 80 heavy (non-hydrogen) atoms. The third-order valence-corrected chi connectivity index (χ3v) is 16.6. The smallest absolute Gasteiger partial charge is 0.305 e. The highest BCUT2D eigenvalue weighted by atomic mass is 16.5. The maximum atomic E-state index is 12.5. The van der Waals surface area contributed by atoms with E-state index in [0.717, 1.165) is 51.4 Å². The predicted molar refractivity (Wildman–Crippen MR) is 352 cm³/mol. The van der Waals surface area contributed by atoms with Crippen LogP contribution in [0.2, 0.25) is 0 Å². The van der Waals surface area contributed by atoms with Gasteiger partial charge in [-0.2, -0.15) is 0 Å². The van der Waals surface area contributed by atoms with E-state index in [1.165, 1.54) is 308 Å². The summed E-state index contributed by atoms with van der Waals surface area (Å²) in [6, 6.07) is -0.628. The van der Waals surface area contributed by atoms with Crippen LogP contribution < -0.4 is 5.32 Å². The number of allylic oxidation sites excluding steroid dienone is 7. The number of esters is 1. The van der Waals surface area contributed by atoms with E-state index in [2.05, 4.69) is 55.6 Å². The molecule has 0 spiro atoms. The molecular formula is C74H139NO5. The molecule has 0 aromatic heterocycles. The maximum absolute atomic E-state index is 12.5. The number of rotatable bonds is 67. The van der Waals surface area contributed by atoms with Crippen LogP contribution in [0.3, 0.4) is 0 Å². The molecule has 0 aliphatic heterocycles. The van der Waals surface area contributed by atoms with Crippen LogP contribution in [-0.4, -0.2) is 47.4 Å². The van der Waals surface area contributed by atoms with E-state index in [1.807, 2.05) is 6.08 Å². The van der Waals surface area contributed by atoms with Gasteiger partial charge in [-0.1, -0.05) is 332 Å². The van der Waals surface area contributed by atoms with Crippen molar-refractivity contribution in [2.45, 2.75) is 398 Å². The summed E-state index contributed by atoms with van der Waals surface area (Å²) < 4.78 is 5.49. The van der Waals surface area contributed by atoms with Crippen molar-refractivity contribution in [3.05, 3.63) is 48.6 Å². The Hall–Kier alpha value is -2.18. The molecule has 470 valence electrons. The lowest BCUT2D eigenvalue weighted by Gasteiger charge is -2.20. The number of unbranched alkanes of at least 4 members (excludes halogenated alkanes) is 50. The van der Waals surface area contributed by atoms with Crippen LogP contribution in [0.1, 0.15) is 386 Å². The second kappa shape index (κ2) is 69.3. The third-order valence-electron chi connectivity index (χ3n) is 16.6. The Kier molecular flexibility index (Phi) is 67.4. The largest absolute Gasteiger partial charge is 0.466 e. The molecule has 1 amide bonds. The summed E-state index contributed by atoms with van der Waals surface area (Å²) in [4.78, 5) is 24.6. The van der Waals surface area contributed by atoms with Crippen molar-refractivity contribution in [1.82, 2.24) is 5.32 Å². The molecule has 0 radical (unpaired) electrons. The topological polar surface area (TPSA) is 95.9 Å². The molecule has 0 heterocycles. The van der Waals surface area contributed by atoms with Crippen molar-refractivity contribution in [2.24, 2.45) is 0 Å². The van der Waals surface area contributed by atoms with Gasteiger partial charge in [-0.25, -0.2) is 0 Å². The molecule has 0 aromatic carbocycles. The minimum Gasteiger partial charge on any atom is -0.466 e. The molecule has 0 saturated heterocycles. The van der Waals surface area contributed by atoms with E-state index in [-0.39, 0.29) is 18.5 Å². The Morgan fingerprint density at radius 1 is 0.350 bits per heavy atom. The first-order chi connectivity index (χ1) is 39.5. The Bertz CT molecular complexity index is 1340. The fraction of sp³-hybridized carbons (Fsp3) is 0.865. The van der Waals surface area contributed by atoms with E-state index in [4.69, 9.17) is 4.74 Å². The highest BCUT2D eigenvalue weighted by molar-refractivity contribution is 5.76. The number of ether oxygens (including phenoxy) is 1. The first-order valence-electron chi connectivity index (χ1n) is 35.9. The number of carbonyl (C=O) groups excluding carboxylic acids is 2. The standard InChI is InChI=1S/C74H139NO5/c1-3-5-7-9-11-13-15-17-19-20-35-39-42-46-50-54-58-62-66-72(77)71(70-76)75-73(78)67-63-59-55-51-47-43-40-36-33-31-29-27-25-23-21-22-24-26-28-30-32-34-37-41-45-49-53-57-61-65-69-80-74(79)68-64-60-56-52-48-44-38-18-16-14-12-10-8-6-4-2/h12,14,18,22,24,38,62,66,71-72,76-77H,3-11,13,15-17,19-21,23,25-37,39-61,63-65,67-70H2,1-2H3,(H,75,78)/b14-12-,24-22-,38-18-,66-62+. The zero-order valence-corrected chi connectivity index (χ0v) is 53.8. The quantitative estimate of drug-likeness (QED) is 0.0320. The van der Waals surface area contributed by atoms with Crippen LogP contribution in [0, 0.1) is 0 Å². The maximum Gasteiger partial charge on any atom is 0.305 e. The summed E-state index contributed by atoms with van der Waals surface area (Å²) in [6.07, 6.45) is 90.5. The van der Waals surface area contributed by atoms with Crippen molar-refractivity contribution in [1.29, 1.82) is 0 Å². The number of carbonyl (C=O) groups is 2. The number of nitrogens with one attached hydrogen (secondary N) is 1. The molecule has 6 nitrogen and oxygen atoms in total. The Balaban J connectivity index is 3.39. The molecule has 2 unspecified atom stereocenters. The molecular weight excluding hydrogens is 983 g/mol.